The van der Waals surface area contributed by atoms with Gasteiger partial charge in [-0.05, 0) is 36.8 Å². The van der Waals surface area contributed by atoms with Crippen LogP contribution in [-0.2, 0) is 6.61 Å². The minimum Gasteiger partial charge on any atom is -0.472 e. The van der Waals surface area contributed by atoms with Crippen molar-refractivity contribution < 1.29 is 9.84 Å². The maximum Gasteiger partial charge on any atom is 0.213 e. The molecule has 0 bridgehead atoms. The van der Waals surface area contributed by atoms with Crippen molar-refractivity contribution in [2.45, 2.75) is 26.1 Å². The summed E-state index contributed by atoms with van der Waals surface area (Å²) in [6.45, 7) is 3.69. The van der Waals surface area contributed by atoms with Crippen LogP contribution in [0.4, 0.5) is 5.69 Å². The first kappa shape index (κ1) is 17.5. The number of aliphatic hydroxyl groups excluding tert-OH is 1. The molecule has 1 unspecified atom stereocenters. The lowest BCUT2D eigenvalue weighted by Crippen LogP contribution is -2.25. The highest BCUT2D eigenvalue weighted by Crippen LogP contribution is 2.30. The molecule has 2 aromatic heterocycles. The molecule has 1 atom stereocenters. The zero-order chi connectivity index (χ0) is 18.6. The number of nitrogens with zero attached hydrogens (tertiary/aromatic N) is 3. The summed E-state index contributed by atoms with van der Waals surface area (Å²) in [7, 11) is 0. The first-order chi connectivity index (χ1) is 13.2. The Hall–Kier alpha value is -2.92. The highest BCUT2D eigenvalue weighted by molar-refractivity contribution is 5.66. The molecular weight excluding hydrogens is 338 g/mol. The van der Waals surface area contributed by atoms with Crippen LogP contribution in [0.5, 0.6) is 5.88 Å². The number of aliphatic hydroxyl groups is 1. The van der Waals surface area contributed by atoms with Gasteiger partial charge in [-0.3, -0.25) is 4.98 Å². The van der Waals surface area contributed by atoms with Crippen molar-refractivity contribution in [3.05, 3.63) is 72.1 Å². The predicted molar refractivity (Wildman–Crippen MR) is 106 cm³/mol. The van der Waals surface area contributed by atoms with Gasteiger partial charge >= 0.3 is 0 Å². The van der Waals surface area contributed by atoms with Gasteiger partial charge < -0.3 is 14.7 Å². The standard InChI is InChI=1S/C22H23N3O2/c1-16-5-8-22(24-13-16)27-19-9-11-25(14-19)21-7-6-17(12-18(21)15-26)20-4-2-3-10-23-20/h2-8,10,12-13,19,26H,9,11,14-15H2,1H3. The van der Waals surface area contributed by atoms with Gasteiger partial charge in [0.05, 0.1) is 18.8 Å². The van der Waals surface area contributed by atoms with E-state index in [-0.39, 0.29) is 12.7 Å². The Morgan fingerprint density at radius 3 is 2.81 bits per heavy atom. The van der Waals surface area contributed by atoms with Crippen molar-refractivity contribution >= 4 is 5.69 Å². The molecule has 1 aromatic carbocycles. The average molecular weight is 361 g/mol. The summed E-state index contributed by atoms with van der Waals surface area (Å²) in [5, 5.41) is 9.89. The Labute approximate surface area is 159 Å². The van der Waals surface area contributed by atoms with Crippen LogP contribution in [-0.4, -0.2) is 34.3 Å². The zero-order valence-corrected chi connectivity index (χ0v) is 15.4. The normalized spacial score (nSPS) is 16.5. The Morgan fingerprint density at radius 2 is 2.07 bits per heavy atom. The molecule has 138 valence electrons. The van der Waals surface area contributed by atoms with Crippen molar-refractivity contribution in [1.29, 1.82) is 0 Å². The van der Waals surface area contributed by atoms with E-state index >= 15 is 0 Å². The predicted octanol–water partition coefficient (Wildman–Crippen LogP) is 3.60. The molecule has 0 amide bonds. The second kappa shape index (κ2) is 7.76. The maximum atomic E-state index is 9.89. The van der Waals surface area contributed by atoms with Crippen LogP contribution >= 0.6 is 0 Å². The third-order valence-corrected chi connectivity index (χ3v) is 4.87. The van der Waals surface area contributed by atoms with Gasteiger partial charge in [0, 0.05) is 48.2 Å². The summed E-state index contributed by atoms with van der Waals surface area (Å²) < 4.78 is 6.02. The smallest absolute Gasteiger partial charge is 0.213 e. The molecule has 1 saturated heterocycles. The lowest BCUT2D eigenvalue weighted by molar-refractivity contribution is 0.215. The summed E-state index contributed by atoms with van der Waals surface area (Å²) in [4.78, 5) is 11.0. The maximum absolute atomic E-state index is 9.89. The van der Waals surface area contributed by atoms with E-state index in [1.165, 1.54) is 0 Å². The summed E-state index contributed by atoms with van der Waals surface area (Å²) in [5.74, 6) is 0.667. The second-order valence-corrected chi connectivity index (χ2v) is 6.86. The third kappa shape index (κ3) is 3.93. The van der Waals surface area contributed by atoms with E-state index in [1.54, 1.807) is 6.20 Å². The van der Waals surface area contributed by atoms with Gasteiger partial charge in [-0.15, -0.1) is 0 Å². The van der Waals surface area contributed by atoms with Crippen molar-refractivity contribution in [3.63, 3.8) is 0 Å². The SMILES string of the molecule is Cc1ccc(OC2CCN(c3ccc(-c4ccccn4)cc3CO)C2)nc1. The summed E-state index contributed by atoms with van der Waals surface area (Å²) in [6.07, 6.45) is 4.64. The van der Waals surface area contributed by atoms with Crippen LogP contribution in [0.2, 0.25) is 0 Å². The molecule has 1 aliphatic rings. The van der Waals surface area contributed by atoms with E-state index in [9.17, 15) is 5.11 Å². The fourth-order valence-electron chi connectivity index (χ4n) is 3.45. The van der Waals surface area contributed by atoms with Crippen molar-refractivity contribution in [2.75, 3.05) is 18.0 Å². The van der Waals surface area contributed by atoms with Crippen molar-refractivity contribution in [2.24, 2.45) is 0 Å². The van der Waals surface area contributed by atoms with Crippen LogP contribution < -0.4 is 9.64 Å². The zero-order valence-electron chi connectivity index (χ0n) is 15.4. The highest BCUT2D eigenvalue weighted by Gasteiger charge is 2.26. The van der Waals surface area contributed by atoms with Gasteiger partial charge in [-0.2, -0.15) is 0 Å². The van der Waals surface area contributed by atoms with E-state index in [1.807, 2.05) is 49.5 Å². The minimum absolute atomic E-state index is 0.00243. The molecule has 5 nitrogen and oxygen atoms in total. The Balaban J connectivity index is 1.49. The Kier molecular flexibility index (Phi) is 5.03. The second-order valence-electron chi connectivity index (χ2n) is 6.86. The molecule has 27 heavy (non-hydrogen) atoms. The lowest BCUT2D eigenvalue weighted by atomic mass is 10.1. The average Bonchev–Trinajstić information content (AvgIpc) is 3.18. The molecule has 5 heteroatoms. The number of benzene rings is 1. The van der Waals surface area contributed by atoms with Gasteiger partial charge in [0.25, 0.3) is 0 Å². The van der Waals surface area contributed by atoms with Crippen LogP contribution in [0, 0.1) is 6.92 Å². The van der Waals surface area contributed by atoms with Gasteiger partial charge in [0.1, 0.15) is 6.10 Å². The fourth-order valence-corrected chi connectivity index (χ4v) is 3.45. The van der Waals surface area contributed by atoms with Crippen LogP contribution in [0.3, 0.4) is 0 Å². The third-order valence-electron chi connectivity index (χ3n) is 4.87. The molecule has 4 rings (SSSR count). The molecule has 0 spiro atoms. The molecule has 3 heterocycles. The number of aromatic nitrogens is 2. The van der Waals surface area contributed by atoms with Gasteiger partial charge in [-0.25, -0.2) is 4.98 Å². The largest absolute Gasteiger partial charge is 0.472 e. The van der Waals surface area contributed by atoms with Gasteiger partial charge in [0.2, 0.25) is 5.88 Å². The number of anilines is 1. The highest BCUT2D eigenvalue weighted by atomic mass is 16.5. The number of ether oxygens (including phenoxy) is 1. The van der Waals surface area contributed by atoms with Gasteiger partial charge in [0.15, 0.2) is 0 Å². The quantitative estimate of drug-likeness (QED) is 0.752. The fraction of sp³-hybridized carbons (Fsp3) is 0.273. The Morgan fingerprint density at radius 1 is 1.15 bits per heavy atom. The molecule has 1 fully saturated rings. The molecule has 0 saturated carbocycles. The lowest BCUT2D eigenvalue weighted by Gasteiger charge is -2.22. The van der Waals surface area contributed by atoms with E-state index in [2.05, 4.69) is 27.0 Å². The van der Waals surface area contributed by atoms with E-state index < -0.39 is 0 Å². The first-order valence-corrected chi connectivity index (χ1v) is 9.22. The number of pyridine rings is 2. The summed E-state index contributed by atoms with van der Waals surface area (Å²) >= 11 is 0. The number of rotatable bonds is 5. The van der Waals surface area contributed by atoms with Crippen LogP contribution in [0.15, 0.2) is 60.9 Å². The van der Waals surface area contributed by atoms with E-state index in [0.717, 1.165) is 47.6 Å². The number of hydrogen-bond donors (Lipinski definition) is 1. The van der Waals surface area contributed by atoms with Gasteiger partial charge in [-0.1, -0.05) is 18.2 Å². The minimum atomic E-state index is -0.00243. The number of aryl methyl sites for hydroxylation is 1. The molecule has 0 aliphatic carbocycles. The van der Waals surface area contributed by atoms with Crippen molar-refractivity contribution in [3.8, 4) is 17.1 Å². The molecular formula is C22H23N3O2. The first-order valence-electron chi connectivity index (χ1n) is 9.22. The van der Waals surface area contributed by atoms with E-state index in [4.69, 9.17) is 4.74 Å². The Bertz CT molecular complexity index is 897. The monoisotopic (exact) mass is 361 g/mol. The molecule has 3 aromatic rings. The summed E-state index contributed by atoms with van der Waals surface area (Å²) in [6, 6.07) is 15.9. The molecule has 0 radical (unpaired) electrons. The summed E-state index contributed by atoms with van der Waals surface area (Å²) in [5.41, 5.74) is 5.01. The topological polar surface area (TPSA) is 58.5 Å². The van der Waals surface area contributed by atoms with E-state index in [0.29, 0.717) is 5.88 Å². The number of hydrogen-bond acceptors (Lipinski definition) is 5. The van der Waals surface area contributed by atoms with Crippen LogP contribution in [0.1, 0.15) is 17.5 Å². The molecule has 1 N–H and O–H groups in total. The van der Waals surface area contributed by atoms with Crippen LogP contribution in [0.25, 0.3) is 11.3 Å². The molecule has 1 aliphatic heterocycles. The van der Waals surface area contributed by atoms with Crippen molar-refractivity contribution in [1.82, 2.24) is 9.97 Å².